The molecule has 4 nitrogen and oxygen atoms in total. The molecule has 0 atom stereocenters. The van der Waals surface area contributed by atoms with Crippen molar-refractivity contribution in [1.82, 2.24) is 4.90 Å². The summed E-state index contributed by atoms with van der Waals surface area (Å²) in [5, 5.41) is 0. The topological polar surface area (TPSA) is 54.5 Å². The van der Waals surface area contributed by atoms with Crippen LogP contribution >= 0.6 is 0 Å². The van der Waals surface area contributed by atoms with Gasteiger partial charge in [0.2, 0.25) is 0 Å². The summed E-state index contributed by atoms with van der Waals surface area (Å²) >= 11 is 0. The third kappa shape index (κ3) is 2.32. The van der Waals surface area contributed by atoms with Crippen molar-refractivity contribution in [3.8, 4) is 0 Å². The Morgan fingerprint density at radius 2 is 1.61 bits per heavy atom. The Hall–Kier alpha value is -1.97. The van der Waals surface area contributed by atoms with Crippen LogP contribution in [-0.2, 0) is 4.79 Å². The summed E-state index contributed by atoms with van der Waals surface area (Å²) in [6, 6.07) is 6.85. The number of hydrogen-bond donors (Lipinski definition) is 0. The molecule has 1 aromatic rings. The molecule has 0 saturated carbocycles. The highest BCUT2D eigenvalue weighted by Gasteiger charge is 2.34. The van der Waals surface area contributed by atoms with Crippen LogP contribution < -0.4 is 0 Å². The highest BCUT2D eigenvalue weighted by Crippen LogP contribution is 2.22. The molecule has 0 unspecified atom stereocenters. The Bertz CT molecular complexity index is 473. The van der Waals surface area contributed by atoms with Crippen LogP contribution in [0.1, 0.15) is 46.9 Å². The summed E-state index contributed by atoms with van der Waals surface area (Å²) in [7, 11) is 0. The second kappa shape index (κ2) is 5.12. The fourth-order valence-electron chi connectivity index (χ4n) is 2.09. The maximum Gasteiger partial charge on any atom is 0.261 e. The minimum absolute atomic E-state index is 0.136. The van der Waals surface area contributed by atoms with E-state index in [4.69, 9.17) is 0 Å². The van der Waals surface area contributed by atoms with Crippen molar-refractivity contribution in [3.05, 3.63) is 35.4 Å². The lowest BCUT2D eigenvalue weighted by molar-refractivity contribution is -0.117. The third-order valence-electron chi connectivity index (χ3n) is 3.04. The van der Waals surface area contributed by atoms with Crippen molar-refractivity contribution in [3.63, 3.8) is 0 Å². The number of carbonyl (C=O) groups excluding carboxylic acids is 3. The van der Waals surface area contributed by atoms with Gasteiger partial charge in [-0.05, 0) is 31.9 Å². The molecule has 1 aliphatic rings. The van der Waals surface area contributed by atoms with Gasteiger partial charge in [0.1, 0.15) is 5.78 Å². The largest absolute Gasteiger partial charge is 0.300 e. The van der Waals surface area contributed by atoms with Gasteiger partial charge in [0.25, 0.3) is 11.8 Å². The first-order chi connectivity index (χ1) is 8.61. The van der Waals surface area contributed by atoms with Gasteiger partial charge in [0.05, 0.1) is 11.1 Å². The van der Waals surface area contributed by atoms with E-state index in [0.29, 0.717) is 36.9 Å². The number of hydrogen-bond acceptors (Lipinski definition) is 3. The molecule has 4 heteroatoms. The van der Waals surface area contributed by atoms with Crippen molar-refractivity contribution in [2.24, 2.45) is 0 Å². The summed E-state index contributed by atoms with van der Waals surface area (Å²) < 4.78 is 0. The Kier molecular flexibility index (Phi) is 3.55. The van der Waals surface area contributed by atoms with Crippen LogP contribution in [0.4, 0.5) is 0 Å². The predicted molar refractivity (Wildman–Crippen MR) is 66.3 cm³/mol. The van der Waals surface area contributed by atoms with E-state index in [-0.39, 0.29) is 17.6 Å². The van der Waals surface area contributed by atoms with Crippen molar-refractivity contribution < 1.29 is 14.4 Å². The maximum atomic E-state index is 12.0. The van der Waals surface area contributed by atoms with Gasteiger partial charge >= 0.3 is 0 Å². The van der Waals surface area contributed by atoms with Gasteiger partial charge in [-0.3, -0.25) is 14.5 Å². The monoisotopic (exact) mass is 245 g/mol. The van der Waals surface area contributed by atoms with Gasteiger partial charge in [-0.2, -0.15) is 0 Å². The number of rotatable bonds is 5. The lowest BCUT2D eigenvalue weighted by Gasteiger charge is -2.12. The van der Waals surface area contributed by atoms with E-state index in [2.05, 4.69) is 0 Å². The average molecular weight is 245 g/mol. The summed E-state index contributed by atoms with van der Waals surface area (Å²) in [6.45, 7) is 1.93. The molecule has 94 valence electrons. The second-order valence-electron chi connectivity index (χ2n) is 4.47. The summed E-state index contributed by atoms with van der Waals surface area (Å²) in [6.07, 6.45) is 1.89. The number of imide groups is 1. The van der Waals surface area contributed by atoms with Gasteiger partial charge in [0, 0.05) is 13.0 Å². The third-order valence-corrected chi connectivity index (χ3v) is 3.04. The van der Waals surface area contributed by atoms with E-state index in [9.17, 15) is 14.4 Å². The number of ketones is 1. The van der Waals surface area contributed by atoms with Crippen LogP contribution in [0.15, 0.2) is 24.3 Å². The normalized spacial score (nSPS) is 13.9. The molecule has 0 N–H and O–H groups in total. The van der Waals surface area contributed by atoms with Gasteiger partial charge in [-0.15, -0.1) is 0 Å². The number of unbranched alkanes of at least 4 members (excludes halogenated alkanes) is 1. The quantitative estimate of drug-likeness (QED) is 0.589. The lowest BCUT2D eigenvalue weighted by atomic mass is 10.1. The summed E-state index contributed by atoms with van der Waals surface area (Å²) in [5.41, 5.74) is 0.961. The highest BCUT2D eigenvalue weighted by atomic mass is 16.2. The molecule has 0 spiro atoms. The van der Waals surface area contributed by atoms with Crippen molar-refractivity contribution in [2.75, 3.05) is 6.54 Å². The smallest absolute Gasteiger partial charge is 0.261 e. The number of benzene rings is 1. The molecule has 0 radical (unpaired) electrons. The van der Waals surface area contributed by atoms with Gasteiger partial charge < -0.3 is 4.79 Å². The van der Waals surface area contributed by atoms with Crippen LogP contribution in [0.25, 0.3) is 0 Å². The van der Waals surface area contributed by atoms with Gasteiger partial charge in [0.15, 0.2) is 0 Å². The highest BCUT2D eigenvalue weighted by molar-refractivity contribution is 6.21. The zero-order chi connectivity index (χ0) is 13.1. The van der Waals surface area contributed by atoms with E-state index in [1.54, 1.807) is 31.2 Å². The number of Topliss-reactive ketones (excluding diaryl/α,β-unsaturated/α-hetero) is 1. The molecule has 1 aliphatic heterocycles. The molecule has 0 aliphatic carbocycles. The molecular weight excluding hydrogens is 230 g/mol. The Balaban J connectivity index is 1.99. The van der Waals surface area contributed by atoms with Crippen molar-refractivity contribution in [2.45, 2.75) is 26.2 Å². The van der Waals surface area contributed by atoms with E-state index in [1.807, 2.05) is 0 Å². The Morgan fingerprint density at radius 3 is 2.11 bits per heavy atom. The van der Waals surface area contributed by atoms with Crippen LogP contribution in [0, 0.1) is 0 Å². The van der Waals surface area contributed by atoms with E-state index >= 15 is 0 Å². The number of nitrogens with zero attached hydrogens (tertiary/aromatic N) is 1. The van der Waals surface area contributed by atoms with E-state index in [0.717, 1.165) is 0 Å². The van der Waals surface area contributed by atoms with Crippen molar-refractivity contribution in [1.29, 1.82) is 0 Å². The average Bonchev–Trinajstić information content (AvgIpc) is 2.59. The first kappa shape index (κ1) is 12.5. The lowest BCUT2D eigenvalue weighted by Crippen LogP contribution is -2.30. The Labute approximate surface area is 106 Å². The zero-order valence-corrected chi connectivity index (χ0v) is 10.3. The fourth-order valence-corrected chi connectivity index (χ4v) is 2.09. The van der Waals surface area contributed by atoms with E-state index in [1.165, 1.54) is 4.90 Å². The minimum Gasteiger partial charge on any atom is -0.300 e. The van der Waals surface area contributed by atoms with Crippen LogP contribution in [0.5, 0.6) is 0 Å². The number of carbonyl (C=O) groups is 3. The number of fused-ring (bicyclic) bond motifs is 1. The first-order valence-corrected chi connectivity index (χ1v) is 6.06. The molecule has 0 fully saturated rings. The molecular formula is C14H15NO3. The molecule has 0 saturated heterocycles. The minimum atomic E-state index is -0.224. The molecule has 0 bridgehead atoms. The van der Waals surface area contributed by atoms with Gasteiger partial charge in [-0.1, -0.05) is 12.1 Å². The predicted octanol–water partition coefficient (Wildman–Crippen LogP) is 2.04. The Morgan fingerprint density at radius 1 is 1.06 bits per heavy atom. The second-order valence-corrected chi connectivity index (χ2v) is 4.47. The molecule has 2 rings (SSSR count). The summed E-state index contributed by atoms with van der Waals surface area (Å²) in [5.74, 6) is -0.311. The van der Waals surface area contributed by atoms with Crippen LogP contribution in [0.2, 0.25) is 0 Å². The van der Waals surface area contributed by atoms with Crippen LogP contribution in [-0.4, -0.2) is 29.0 Å². The first-order valence-electron chi connectivity index (χ1n) is 6.06. The van der Waals surface area contributed by atoms with Gasteiger partial charge in [-0.25, -0.2) is 0 Å². The van der Waals surface area contributed by atoms with Crippen molar-refractivity contribution >= 4 is 17.6 Å². The molecule has 18 heavy (non-hydrogen) atoms. The maximum absolute atomic E-state index is 12.0. The van der Waals surface area contributed by atoms with E-state index < -0.39 is 0 Å². The molecule has 0 aromatic heterocycles. The molecule has 1 heterocycles. The molecule has 1 aromatic carbocycles. The zero-order valence-electron chi connectivity index (χ0n) is 10.3. The summed E-state index contributed by atoms with van der Waals surface area (Å²) in [4.78, 5) is 36.0. The SMILES string of the molecule is CC(=O)CCCCN1C(=O)c2ccccc2C1=O. The van der Waals surface area contributed by atoms with Crippen LogP contribution in [0.3, 0.4) is 0 Å². The molecule has 2 amide bonds. The standard InChI is InChI=1S/C14H15NO3/c1-10(16)6-4-5-9-15-13(17)11-7-2-3-8-12(11)14(15)18/h2-3,7-8H,4-6,9H2,1H3. The fraction of sp³-hybridized carbons (Fsp3) is 0.357. The number of amides is 2.